The quantitative estimate of drug-likeness (QED) is 0.497. The molecule has 6 nitrogen and oxygen atoms in total. The third-order valence-electron chi connectivity index (χ3n) is 6.74. The lowest BCUT2D eigenvalue weighted by Crippen LogP contribution is -2.64. The van der Waals surface area contributed by atoms with E-state index in [0.29, 0.717) is 48.1 Å². The Labute approximate surface area is 143 Å². The Kier molecular flexibility index (Phi) is 3.92. The molecule has 4 heterocycles. The first-order valence-corrected chi connectivity index (χ1v) is 9.62. The van der Waals surface area contributed by atoms with E-state index in [2.05, 4.69) is 0 Å². The van der Waals surface area contributed by atoms with Gasteiger partial charge in [-0.25, -0.2) is 0 Å². The van der Waals surface area contributed by atoms with Crippen LogP contribution in [-0.4, -0.2) is 56.5 Å². The summed E-state index contributed by atoms with van der Waals surface area (Å²) in [4.78, 5) is 0. The van der Waals surface area contributed by atoms with Gasteiger partial charge in [0.05, 0.1) is 56.5 Å². The maximum absolute atomic E-state index is 6.69. The van der Waals surface area contributed by atoms with Crippen molar-refractivity contribution in [3.05, 3.63) is 0 Å². The fraction of sp³-hybridized carbons (Fsp3) is 1.00. The largest absolute Gasteiger partial charge is 0.373 e. The fourth-order valence-corrected chi connectivity index (χ4v) is 5.21. The van der Waals surface area contributed by atoms with Gasteiger partial charge in [0.2, 0.25) is 0 Å². The zero-order valence-corrected chi connectivity index (χ0v) is 14.3. The smallest absolute Gasteiger partial charge is 0.0813 e. The topological polar surface area (TPSA) is 102 Å². The van der Waals surface area contributed by atoms with Crippen LogP contribution < -0.4 is 11.5 Å². The minimum absolute atomic E-state index is 0.314. The molecule has 0 radical (unpaired) electrons. The lowest BCUT2D eigenvalue weighted by Gasteiger charge is -2.51. The van der Waals surface area contributed by atoms with E-state index in [0.717, 1.165) is 58.5 Å². The lowest BCUT2D eigenvalue weighted by atomic mass is 9.57. The van der Waals surface area contributed by atoms with Gasteiger partial charge in [-0.3, -0.25) is 0 Å². The Morgan fingerprint density at radius 2 is 1.12 bits per heavy atom. The molecular weight excluding hydrogens is 308 g/mol. The molecule has 0 aromatic carbocycles. The average Bonchev–Trinajstić information content (AvgIpc) is 3.35. The van der Waals surface area contributed by atoms with Gasteiger partial charge >= 0.3 is 0 Å². The zero-order valence-electron chi connectivity index (χ0n) is 14.3. The molecule has 5 aliphatic rings. The van der Waals surface area contributed by atoms with Gasteiger partial charge in [-0.2, -0.15) is 0 Å². The van der Waals surface area contributed by atoms with Gasteiger partial charge in [0, 0.05) is 0 Å². The summed E-state index contributed by atoms with van der Waals surface area (Å²) in [5.74, 6) is 1.99. The lowest BCUT2D eigenvalue weighted by molar-refractivity contribution is -0.0110. The average molecular weight is 338 g/mol. The minimum Gasteiger partial charge on any atom is -0.373 e. The summed E-state index contributed by atoms with van der Waals surface area (Å²) in [6.07, 6.45) is 6.87. The van der Waals surface area contributed by atoms with E-state index in [1.54, 1.807) is 0 Å². The first-order chi connectivity index (χ1) is 11.6. The summed E-state index contributed by atoms with van der Waals surface area (Å²) in [5.41, 5.74) is 12.8. The molecule has 24 heavy (non-hydrogen) atoms. The van der Waals surface area contributed by atoms with Crippen molar-refractivity contribution in [1.82, 2.24) is 0 Å². The monoisotopic (exact) mass is 338 g/mol. The van der Waals surface area contributed by atoms with Crippen molar-refractivity contribution >= 4 is 0 Å². The number of rotatable bonds is 8. The van der Waals surface area contributed by atoms with Crippen molar-refractivity contribution < 1.29 is 18.9 Å². The molecule has 0 amide bonds. The maximum atomic E-state index is 6.69. The van der Waals surface area contributed by atoms with Crippen molar-refractivity contribution in [2.24, 2.45) is 35.1 Å². The summed E-state index contributed by atoms with van der Waals surface area (Å²) >= 11 is 0. The molecule has 8 atom stereocenters. The van der Waals surface area contributed by atoms with E-state index in [1.807, 2.05) is 0 Å². The van der Waals surface area contributed by atoms with E-state index in [1.165, 1.54) is 0 Å². The highest BCUT2D eigenvalue weighted by Crippen LogP contribution is 2.52. The predicted molar refractivity (Wildman–Crippen MR) is 87.1 cm³/mol. The van der Waals surface area contributed by atoms with E-state index in [4.69, 9.17) is 30.4 Å². The van der Waals surface area contributed by atoms with E-state index < -0.39 is 5.66 Å². The fourth-order valence-electron chi connectivity index (χ4n) is 5.21. The van der Waals surface area contributed by atoms with Gasteiger partial charge in [0.25, 0.3) is 0 Å². The number of nitrogens with two attached hydrogens (primary N) is 2. The number of hydrogen-bond donors (Lipinski definition) is 2. The van der Waals surface area contributed by atoms with Crippen molar-refractivity contribution in [3.63, 3.8) is 0 Å². The summed E-state index contributed by atoms with van der Waals surface area (Å²) in [6, 6.07) is 0. The molecule has 0 spiro atoms. The molecule has 0 aromatic heterocycles. The second kappa shape index (κ2) is 5.89. The standard InChI is InChI=1S/C18H30N2O4/c19-18(20)5-10(1-11-6-21-11)15(2-12-7-22-12)16(3-13-8-23-13)17(18)4-14-9-24-14/h10-17H,1-9,19-20H2. The molecule has 0 aromatic rings. The Hall–Kier alpha value is -0.240. The SMILES string of the molecule is NC1(N)CC(CC2CO2)C(CC2CO2)C(CC2CO2)C1CC1CO1. The van der Waals surface area contributed by atoms with E-state index in [-0.39, 0.29) is 0 Å². The van der Waals surface area contributed by atoms with Crippen LogP contribution in [0.25, 0.3) is 0 Å². The van der Waals surface area contributed by atoms with Crippen LogP contribution in [-0.2, 0) is 18.9 Å². The Bertz CT molecular complexity index is 472. The number of ether oxygens (including phenoxy) is 4. The van der Waals surface area contributed by atoms with Crippen molar-refractivity contribution in [3.8, 4) is 0 Å². The van der Waals surface area contributed by atoms with Gasteiger partial charge in [-0.1, -0.05) is 0 Å². The van der Waals surface area contributed by atoms with Crippen LogP contribution >= 0.6 is 0 Å². The highest BCUT2D eigenvalue weighted by atomic mass is 16.6. The van der Waals surface area contributed by atoms with Crippen LogP contribution in [0.3, 0.4) is 0 Å². The summed E-state index contributed by atoms with van der Waals surface area (Å²) < 4.78 is 22.2. The Morgan fingerprint density at radius 1 is 0.667 bits per heavy atom. The van der Waals surface area contributed by atoms with Crippen molar-refractivity contribution in [1.29, 1.82) is 0 Å². The second-order valence-corrected chi connectivity index (χ2v) is 8.77. The van der Waals surface area contributed by atoms with Crippen LogP contribution in [0.1, 0.15) is 32.1 Å². The molecule has 4 saturated heterocycles. The van der Waals surface area contributed by atoms with Crippen LogP contribution in [0.5, 0.6) is 0 Å². The first-order valence-electron chi connectivity index (χ1n) is 9.62. The minimum atomic E-state index is -0.605. The molecule has 6 heteroatoms. The maximum Gasteiger partial charge on any atom is 0.0813 e. The Morgan fingerprint density at radius 3 is 1.67 bits per heavy atom. The number of epoxide rings is 4. The Balaban J connectivity index is 1.39. The highest BCUT2D eigenvalue weighted by Gasteiger charge is 2.53. The molecule has 5 fully saturated rings. The molecule has 4 N–H and O–H groups in total. The van der Waals surface area contributed by atoms with E-state index in [9.17, 15) is 0 Å². The molecule has 1 saturated carbocycles. The van der Waals surface area contributed by atoms with Crippen LogP contribution in [0.2, 0.25) is 0 Å². The summed E-state index contributed by atoms with van der Waals surface area (Å²) in [6.45, 7) is 3.59. The van der Waals surface area contributed by atoms with Crippen molar-refractivity contribution in [2.45, 2.75) is 62.2 Å². The summed E-state index contributed by atoms with van der Waals surface area (Å²) in [5, 5.41) is 0. The van der Waals surface area contributed by atoms with Gasteiger partial charge in [0.15, 0.2) is 0 Å². The number of hydrogen-bond acceptors (Lipinski definition) is 6. The second-order valence-electron chi connectivity index (χ2n) is 8.77. The predicted octanol–water partition coefficient (Wildman–Crippen LogP) is 0.624. The molecule has 5 rings (SSSR count). The normalized spacial score (nSPS) is 51.2. The molecular formula is C18H30N2O4. The van der Waals surface area contributed by atoms with Gasteiger partial charge in [-0.15, -0.1) is 0 Å². The van der Waals surface area contributed by atoms with Crippen LogP contribution in [0.4, 0.5) is 0 Å². The van der Waals surface area contributed by atoms with Gasteiger partial charge in [-0.05, 0) is 55.8 Å². The van der Waals surface area contributed by atoms with Crippen molar-refractivity contribution in [2.75, 3.05) is 26.4 Å². The molecule has 136 valence electrons. The third-order valence-corrected chi connectivity index (χ3v) is 6.74. The molecule has 0 bridgehead atoms. The highest BCUT2D eigenvalue weighted by molar-refractivity contribution is 5.04. The molecule has 4 aliphatic heterocycles. The molecule has 8 unspecified atom stereocenters. The first kappa shape index (κ1) is 16.0. The molecule has 1 aliphatic carbocycles. The van der Waals surface area contributed by atoms with Crippen LogP contribution in [0, 0.1) is 23.7 Å². The summed E-state index contributed by atoms with van der Waals surface area (Å²) in [7, 11) is 0. The van der Waals surface area contributed by atoms with Crippen LogP contribution in [0.15, 0.2) is 0 Å². The van der Waals surface area contributed by atoms with Gasteiger partial charge < -0.3 is 30.4 Å². The van der Waals surface area contributed by atoms with E-state index >= 15 is 0 Å². The zero-order chi connectivity index (χ0) is 16.3. The third kappa shape index (κ3) is 3.64. The van der Waals surface area contributed by atoms with Gasteiger partial charge in [0.1, 0.15) is 0 Å².